The number of aromatic nitrogens is 4. The van der Waals surface area contributed by atoms with Gasteiger partial charge in [-0.2, -0.15) is 10.2 Å². The smallest absolute Gasteiger partial charge is 0.249 e. The van der Waals surface area contributed by atoms with Crippen molar-refractivity contribution in [3.8, 4) is 0 Å². The maximum absolute atomic E-state index is 11.9. The zero-order valence-corrected chi connectivity index (χ0v) is 13.8. The van der Waals surface area contributed by atoms with Gasteiger partial charge in [0.05, 0.1) is 12.7 Å². The summed E-state index contributed by atoms with van der Waals surface area (Å²) in [4.78, 5) is 11.9. The number of aryl methyl sites for hydroxylation is 1. The van der Waals surface area contributed by atoms with E-state index >= 15 is 0 Å². The third kappa shape index (κ3) is 4.33. The number of carbonyl (C=O) groups is 1. The van der Waals surface area contributed by atoms with Crippen LogP contribution in [0.15, 0.2) is 55.0 Å². The van der Waals surface area contributed by atoms with Crippen molar-refractivity contribution < 1.29 is 4.79 Å². The third-order valence-corrected chi connectivity index (χ3v) is 3.55. The molecule has 0 aliphatic heterocycles. The van der Waals surface area contributed by atoms with Gasteiger partial charge in [-0.1, -0.05) is 23.7 Å². The normalized spacial score (nSPS) is 11.1. The quantitative estimate of drug-likeness (QED) is 0.726. The summed E-state index contributed by atoms with van der Waals surface area (Å²) in [6, 6.07) is 9.32. The lowest BCUT2D eigenvalue weighted by Gasteiger charge is -2.02. The monoisotopic (exact) mass is 341 g/mol. The fraction of sp³-hybridized carbons (Fsp3) is 0.118. The minimum atomic E-state index is -0.240. The molecule has 1 amide bonds. The number of nitrogens with one attached hydrogen (secondary N) is 1. The average Bonchev–Trinajstić information content (AvgIpc) is 3.17. The second-order valence-electron chi connectivity index (χ2n) is 5.29. The average molecular weight is 342 g/mol. The highest BCUT2D eigenvalue weighted by atomic mass is 35.5. The molecule has 2 aromatic heterocycles. The summed E-state index contributed by atoms with van der Waals surface area (Å²) in [5.41, 5.74) is 1.94. The van der Waals surface area contributed by atoms with E-state index in [0.29, 0.717) is 17.4 Å². The first-order valence-corrected chi connectivity index (χ1v) is 7.72. The predicted molar refractivity (Wildman–Crippen MR) is 93.7 cm³/mol. The maximum atomic E-state index is 11.9. The number of amides is 1. The lowest BCUT2D eigenvalue weighted by atomic mass is 10.2. The van der Waals surface area contributed by atoms with Gasteiger partial charge < -0.3 is 5.32 Å². The van der Waals surface area contributed by atoms with E-state index in [9.17, 15) is 4.79 Å². The Bertz CT molecular complexity index is 863. The molecule has 0 unspecified atom stereocenters. The molecular weight excluding hydrogens is 326 g/mol. The molecule has 0 bridgehead atoms. The van der Waals surface area contributed by atoms with Crippen molar-refractivity contribution in [2.24, 2.45) is 7.05 Å². The molecule has 0 aliphatic carbocycles. The summed E-state index contributed by atoms with van der Waals surface area (Å²) in [7, 11) is 1.82. The van der Waals surface area contributed by atoms with Crippen molar-refractivity contribution in [2.75, 3.05) is 5.32 Å². The van der Waals surface area contributed by atoms with E-state index in [-0.39, 0.29) is 5.91 Å². The van der Waals surface area contributed by atoms with Crippen molar-refractivity contribution >= 4 is 29.4 Å². The SMILES string of the molecule is Cn1cc(/C=C/C(=O)Nc2ccn(Cc3ccc(Cl)cc3)n2)cn1. The molecular formula is C17H16ClN5O. The molecule has 0 spiro atoms. The Morgan fingerprint density at radius 1 is 1.29 bits per heavy atom. The standard InChI is InChI=1S/C17H16ClN5O/c1-22-11-14(10-19-22)4-7-17(24)20-16-8-9-23(21-16)12-13-2-5-15(18)6-3-13/h2-11H,12H2,1H3,(H,20,21,24)/b7-4+. The number of carbonyl (C=O) groups excluding carboxylic acids is 1. The highest BCUT2D eigenvalue weighted by Crippen LogP contribution is 2.11. The first-order chi connectivity index (χ1) is 11.6. The highest BCUT2D eigenvalue weighted by molar-refractivity contribution is 6.30. The maximum Gasteiger partial charge on any atom is 0.249 e. The Morgan fingerprint density at radius 3 is 2.79 bits per heavy atom. The number of hydrogen-bond acceptors (Lipinski definition) is 3. The minimum absolute atomic E-state index is 0.240. The molecule has 0 atom stereocenters. The van der Waals surface area contributed by atoms with E-state index in [4.69, 9.17) is 11.6 Å². The Kier molecular flexibility index (Phi) is 4.77. The Labute approximate surface area is 144 Å². The van der Waals surface area contributed by atoms with Crippen LogP contribution in [-0.2, 0) is 18.4 Å². The summed E-state index contributed by atoms with van der Waals surface area (Å²) in [5, 5.41) is 11.8. The van der Waals surface area contributed by atoms with E-state index in [1.807, 2.05) is 43.7 Å². The summed E-state index contributed by atoms with van der Waals surface area (Å²) in [6.07, 6.45) is 8.48. The van der Waals surface area contributed by atoms with Crippen LogP contribution in [0.1, 0.15) is 11.1 Å². The van der Waals surface area contributed by atoms with Gasteiger partial charge in [0, 0.05) is 42.2 Å². The van der Waals surface area contributed by atoms with Crippen LogP contribution in [0.4, 0.5) is 5.82 Å². The van der Waals surface area contributed by atoms with Crippen LogP contribution in [0, 0.1) is 0 Å². The number of anilines is 1. The molecule has 6 nitrogen and oxygen atoms in total. The lowest BCUT2D eigenvalue weighted by molar-refractivity contribution is -0.111. The Hall–Kier alpha value is -2.86. The fourth-order valence-corrected chi connectivity index (χ4v) is 2.29. The van der Waals surface area contributed by atoms with Crippen LogP contribution in [0.3, 0.4) is 0 Å². The van der Waals surface area contributed by atoms with Gasteiger partial charge in [0.25, 0.3) is 0 Å². The van der Waals surface area contributed by atoms with E-state index in [0.717, 1.165) is 11.1 Å². The zero-order chi connectivity index (χ0) is 16.9. The van der Waals surface area contributed by atoms with Crippen LogP contribution < -0.4 is 5.32 Å². The number of benzene rings is 1. The molecule has 0 saturated carbocycles. The minimum Gasteiger partial charge on any atom is -0.306 e. The van der Waals surface area contributed by atoms with Gasteiger partial charge in [-0.3, -0.25) is 14.2 Å². The van der Waals surface area contributed by atoms with Crippen LogP contribution in [0.5, 0.6) is 0 Å². The first-order valence-electron chi connectivity index (χ1n) is 7.34. The van der Waals surface area contributed by atoms with Gasteiger partial charge in [-0.15, -0.1) is 0 Å². The molecule has 0 fully saturated rings. The molecule has 0 radical (unpaired) electrons. The predicted octanol–water partition coefficient (Wildman–Crippen LogP) is 2.97. The number of halogens is 1. The number of rotatable bonds is 5. The largest absolute Gasteiger partial charge is 0.306 e. The van der Waals surface area contributed by atoms with E-state index in [1.165, 1.54) is 6.08 Å². The topological polar surface area (TPSA) is 64.7 Å². The van der Waals surface area contributed by atoms with Gasteiger partial charge in [-0.25, -0.2) is 0 Å². The molecule has 0 aliphatic rings. The van der Waals surface area contributed by atoms with Crippen molar-refractivity contribution in [1.29, 1.82) is 0 Å². The van der Waals surface area contributed by atoms with Gasteiger partial charge in [0.15, 0.2) is 5.82 Å². The van der Waals surface area contributed by atoms with E-state index in [2.05, 4.69) is 15.5 Å². The van der Waals surface area contributed by atoms with E-state index < -0.39 is 0 Å². The molecule has 2 heterocycles. The van der Waals surface area contributed by atoms with Crippen LogP contribution in [-0.4, -0.2) is 25.5 Å². The first kappa shape index (κ1) is 16.0. The molecule has 3 aromatic rings. The zero-order valence-electron chi connectivity index (χ0n) is 13.1. The molecule has 1 N–H and O–H groups in total. The van der Waals surface area contributed by atoms with Crippen LogP contribution >= 0.6 is 11.6 Å². The summed E-state index contributed by atoms with van der Waals surface area (Å²) in [5.74, 6) is 0.264. The molecule has 7 heteroatoms. The Balaban J connectivity index is 1.58. The van der Waals surface area contributed by atoms with Crippen molar-refractivity contribution in [1.82, 2.24) is 19.6 Å². The fourth-order valence-electron chi connectivity index (χ4n) is 2.16. The summed E-state index contributed by atoms with van der Waals surface area (Å²) >= 11 is 5.87. The van der Waals surface area contributed by atoms with Gasteiger partial charge in [0.1, 0.15) is 0 Å². The molecule has 1 aromatic carbocycles. The molecule has 24 heavy (non-hydrogen) atoms. The van der Waals surface area contributed by atoms with Crippen LogP contribution in [0.2, 0.25) is 5.02 Å². The third-order valence-electron chi connectivity index (χ3n) is 3.30. The molecule has 3 rings (SSSR count). The second-order valence-corrected chi connectivity index (χ2v) is 5.73. The van der Waals surface area contributed by atoms with Crippen molar-refractivity contribution in [2.45, 2.75) is 6.54 Å². The summed E-state index contributed by atoms with van der Waals surface area (Å²) < 4.78 is 3.43. The van der Waals surface area contributed by atoms with Gasteiger partial charge >= 0.3 is 0 Å². The highest BCUT2D eigenvalue weighted by Gasteiger charge is 2.03. The van der Waals surface area contributed by atoms with Crippen LogP contribution in [0.25, 0.3) is 6.08 Å². The van der Waals surface area contributed by atoms with Crippen molar-refractivity contribution in [3.05, 3.63) is 71.1 Å². The van der Waals surface area contributed by atoms with Crippen molar-refractivity contribution in [3.63, 3.8) is 0 Å². The lowest BCUT2D eigenvalue weighted by Crippen LogP contribution is -2.09. The molecule has 0 saturated heterocycles. The number of hydrogen-bond donors (Lipinski definition) is 1. The number of nitrogens with zero attached hydrogens (tertiary/aromatic N) is 4. The summed E-state index contributed by atoms with van der Waals surface area (Å²) in [6.45, 7) is 0.610. The molecule has 122 valence electrons. The van der Waals surface area contributed by atoms with E-state index in [1.54, 1.807) is 27.7 Å². The Morgan fingerprint density at radius 2 is 2.08 bits per heavy atom. The van der Waals surface area contributed by atoms with Gasteiger partial charge in [-0.05, 0) is 23.8 Å². The van der Waals surface area contributed by atoms with Gasteiger partial charge in [0.2, 0.25) is 5.91 Å². The second kappa shape index (κ2) is 7.14.